The summed E-state index contributed by atoms with van der Waals surface area (Å²) in [5.74, 6) is -0.468. The Morgan fingerprint density at radius 2 is 1.89 bits per heavy atom. The molecule has 0 spiro atoms. The van der Waals surface area contributed by atoms with Gasteiger partial charge >= 0.3 is 0 Å². The van der Waals surface area contributed by atoms with Crippen LogP contribution in [0, 0.1) is 18.3 Å². The van der Waals surface area contributed by atoms with Gasteiger partial charge in [-0.3, -0.25) is 4.79 Å². The lowest BCUT2D eigenvalue weighted by atomic mass is 10.2. The molecule has 0 aliphatic carbocycles. The van der Waals surface area contributed by atoms with Gasteiger partial charge in [-0.1, -0.05) is 17.7 Å². The molecule has 0 saturated carbocycles. The molecule has 1 aromatic rings. The standard InChI is InChI=1S/C18H24N4O4S/c1-15-3-5-17(6-4-15)27(24,25)22-10-8-21(9-11-22)14-16(13-19)18(23)20-7-12-26-2/h3-6,14H,7-12H2,1-2H3,(H,20,23)/b16-14-. The predicted molar refractivity (Wildman–Crippen MR) is 100 cm³/mol. The Hall–Kier alpha value is -2.41. The number of rotatable bonds is 7. The number of ether oxygens (including phenoxy) is 1. The van der Waals surface area contributed by atoms with Crippen LogP contribution in [0.25, 0.3) is 0 Å². The van der Waals surface area contributed by atoms with Gasteiger partial charge in [-0.25, -0.2) is 8.42 Å². The van der Waals surface area contributed by atoms with Crippen molar-refractivity contribution in [3.05, 3.63) is 41.6 Å². The molecule has 1 N–H and O–H groups in total. The predicted octanol–water partition coefficient (Wildman–Crippen LogP) is 0.471. The van der Waals surface area contributed by atoms with E-state index in [1.807, 2.05) is 13.0 Å². The molecule has 1 aromatic carbocycles. The number of carbonyl (C=O) groups is 1. The number of carbonyl (C=O) groups excluding carboxylic acids is 1. The van der Waals surface area contributed by atoms with Crippen LogP contribution in [-0.2, 0) is 19.6 Å². The fraction of sp³-hybridized carbons (Fsp3) is 0.444. The first-order chi connectivity index (χ1) is 12.9. The maximum atomic E-state index is 12.7. The molecule has 146 valence electrons. The fourth-order valence-electron chi connectivity index (χ4n) is 2.62. The third-order valence-corrected chi connectivity index (χ3v) is 6.11. The highest BCUT2D eigenvalue weighted by molar-refractivity contribution is 7.89. The van der Waals surface area contributed by atoms with Crippen LogP contribution in [0.1, 0.15) is 5.56 Å². The van der Waals surface area contributed by atoms with Crippen molar-refractivity contribution >= 4 is 15.9 Å². The van der Waals surface area contributed by atoms with Gasteiger partial charge in [-0.15, -0.1) is 0 Å². The van der Waals surface area contributed by atoms with Crippen molar-refractivity contribution in [2.45, 2.75) is 11.8 Å². The van der Waals surface area contributed by atoms with Crippen LogP contribution < -0.4 is 5.32 Å². The van der Waals surface area contributed by atoms with Gasteiger partial charge in [0.25, 0.3) is 5.91 Å². The van der Waals surface area contributed by atoms with Crippen LogP contribution in [0.4, 0.5) is 0 Å². The van der Waals surface area contributed by atoms with E-state index in [0.29, 0.717) is 26.2 Å². The summed E-state index contributed by atoms with van der Waals surface area (Å²) in [6.45, 7) is 3.97. The molecule has 0 aromatic heterocycles. The van der Waals surface area contributed by atoms with E-state index >= 15 is 0 Å². The van der Waals surface area contributed by atoms with Gasteiger partial charge < -0.3 is 15.0 Å². The molecule has 1 aliphatic heterocycles. The molecule has 1 heterocycles. The number of methoxy groups -OCH3 is 1. The fourth-order valence-corrected chi connectivity index (χ4v) is 4.04. The minimum atomic E-state index is -3.54. The summed E-state index contributed by atoms with van der Waals surface area (Å²) in [6, 6.07) is 8.64. The minimum absolute atomic E-state index is 0.0130. The first kappa shape index (κ1) is 20.9. The summed E-state index contributed by atoms with van der Waals surface area (Å²) < 4.78 is 31.7. The second kappa shape index (κ2) is 9.50. The number of benzene rings is 1. The Morgan fingerprint density at radius 1 is 1.26 bits per heavy atom. The highest BCUT2D eigenvalue weighted by Crippen LogP contribution is 2.18. The summed E-state index contributed by atoms with van der Waals surface area (Å²) in [6.07, 6.45) is 1.48. The zero-order chi connectivity index (χ0) is 19.9. The molecule has 8 nitrogen and oxygen atoms in total. The summed E-state index contributed by atoms with van der Waals surface area (Å²) in [5, 5.41) is 11.8. The average Bonchev–Trinajstić information content (AvgIpc) is 2.67. The highest BCUT2D eigenvalue weighted by atomic mass is 32.2. The second-order valence-electron chi connectivity index (χ2n) is 6.16. The normalized spacial score (nSPS) is 16.0. The van der Waals surface area contributed by atoms with Gasteiger partial charge in [0.15, 0.2) is 0 Å². The number of hydrogen-bond acceptors (Lipinski definition) is 6. The van der Waals surface area contributed by atoms with Crippen LogP contribution >= 0.6 is 0 Å². The molecule has 9 heteroatoms. The van der Waals surface area contributed by atoms with E-state index in [2.05, 4.69) is 5.32 Å². The number of piperazine rings is 1. The van der Waals surface area contributed by atoms with Crippen molar-refractivity contribution in [1.29, 1.82) is 5.26 Å². The number of sulfonamides is 1. The van der Waals surface area contributed by atoms with Gasteiger partial charge in [0.1, 0.15) is 11.6 Å². The highest BCUT2D eigenvalue weighted by Gasteiger charge is 2.28. The lowest BCUT2D eigenvalue weighted by molar-refractivity contribution is -0.117. The molecule has 0 radical (unpaired) electrons. The van der Waals surface area contributed by atoms with E-state index in [9.17, 15) is 18.5 Å². The molecule has 0 unspecified atom stereocenters. The number of nitrogens with one attached hydrogen (secondary N) is 1. The molecule has 0 bridgehead atoms. The van der Waals surface area contributed by atoms with Crippen molar-refractivity contribution in [2.24, 2.45) is 0 Å². The molecule has 1 fully saturated rings. The third kappa shape index (κ3) is 5.53. The Labute approximate surface area is 160 Å². The third-order valence-electron chi connectivity index (χ3n) is 4.20. The van der Waals surface area contributed by atoms with E-state index < -0.39 is 15.9 Å². The van der Waals surface area contributed by atoms with Gasteiger partial charge in [-0.05, 0) is 19.1 Å². The van der Waals surface area contributed by atoms with Crippen LogP contribution in [0.3, 0.4) is 0 Å². The maximum absolute atomic E-state index is 12.7. The molecule has 1 amide bonds. The van der Waals surface area contributed by atoms with E-state index in [4.69, 9.17) is 4.74 Å². The monoisotopic (exact) mass is 392 g/mol. The van der Waals surface area contributed by atoms with Crippen molar-refractivity contribution in [3.8, 4) is 6.07 Å². The summed E-state index contributed by atoms with van der Waals surface area (Å²) >= 11 is 0. The lowest BCUT2D eigenvalue weighted by Gasteiger charge is -2.33. The van der Waals surface area contributed by atoms with E-state index in [0.717, 1.165) is 5.56 Å². The van der Waals surface area contributed by atoms with Crippen LogP contribution in [0.2, 0.25) is 0 Å². The molecule has 0 atom stereocenters. The maximum Gasteiger partial charge on any atom is 0.263 e. The minimum Gasteiger partial charge on any atom is -0.383 e. The second-order valence-corrected chi connectivity index (χ2v) is 8.09. The van der Waals surface area contributed by atoms with Crippen LogP contribution in [0.5, 0.6) is 0 Å². The van der Waals surface area contributed by atoms with E-state index in [-0.39, 0.29) is 23.6 Å². The molecular weight excluding hydrogens is 368 g/mol. The van der Waals surface area contributed by atoms with Crippen LogP contribution in [-0.4, -0.2) is 70.0 Å². The van der Waals surface area contributed by atoms with Gasteiger partial charge in [0, 0.05) is 46.0 Å². The van der Waals surface area contributed by atoms with Gasteiger partial charge in [0.2, 0.25) is 10.0 Å². The molecule has 27 heavy (non-hydrogen) atoms. The summed E-state index contributed by atoms with van der Waals surface area (Å²) in [4.78, 5) is 14.0. The van der Waals surface area contributed by atoms with E-state index in [1.54, 1.807) is 29.2 Å². The topological polar surface area (TPSA) is 103 Å². The zero-order valence-corrected chi connectivity index (χ0v) is 16.3. The average molecular weight is 392 g/mol. The first-order valence-corrected chi connectivity index (χ1v) is 10.0. The van der Waals surface area contributed by atoms with Gasteiger partial charge in [-0.2, -0.15) is 9.57 Å². The van der Waals surface area contributed by atoms with Crippen molar-refractivity contribution in [2.75, 3.05) is 46.4 Å². The molecule has 1 saturated heterocycles. The Morgan fingerprint density at radius 3 is 2.44 bits per heavy atom. The zero-order valence-electron chi connectivity index (χ0n) is 15.5. The Kier molecular flexibility index (Phi) is 7.36. The Balaban J connectivity index is 1.98. The Bertz CT molecular complexity index is 820. The van der Waals surface area contributed by atoms with Crippen molar-refractivity contribution in [1.82, 2.24) is 14.5 Å². The summed E-state index contributed by atoms with van der Waals surface area (Å²) in [5.41, 5.74) is 0.984. The lowest BCUT2D eigenvalue weighted by Crippen LogP contribution is -2.47. The van der Waals surface area contributed by atoms with Crippen molar-refractivity contribution < 1.29 is 17.9 Å². The molecule has 2 rings (SSSR count). The quantitative estimate of drug-likeness (QED) is 0.411. The number of aryl methyl sites for hydroxylation is 1. The smallest absolute Gasteiger partial charge is 0.263 e. The van der Waals surface area contributed by atoms with Gasteiger partial charge in [0.05, 0.1) is 11.5 Å². The SMILES string of the molecule is COCCNC(=O)/C(C#N)=C\N1CCN(S(=O)(=O)c2ccc(C)cc2)CC1. The summed E-state index contributed by atoms with van der Waals surface area (Å²) in [7, 11) is -2.01. The number of nitriles is 1. The molecular formula is C18H24N4O4S. The number of amides is 1. The van der Waals surface area contributed by atoms with E-state index in [1.165, 1.54) is 17.6 Å². The number of nitrogens with zero attached hydrogens (tertiary/aromatic N) is 3. The van der Waals surface area contributed by atoms with Crippen molar-refractivity contribution in [3.63, 3.8) is 0 Å². The molecule has 1 aliphatic rings. The largest absolute Gasteiger partial charge is 0.383 e. The number of hydrogen-bond donors (Lipinski definition) is 1. The first-order valence-electron chi connectivity index (χ1n) is 8.58. The van der Waals surface area contributed by atoms with Crippen LogP contribution in [0.15, 0.2) is 40.9 Å².